The van der Waals surface area contributed by atoms with E-state index >= 15 is 0 Å². The molecule has 1 aliphatic carbocycles. The molecular weight excluding hydrogens is 270 g/mol. The second-order valence-electron chi connectivity index (χ2n) is 6.48. The summed E-state index contributed by atoms with van der Waals surface area (Å²) in [6.45, 7) is 8.10. The predicted molar refractivity (Wildman–Crippen MR) is 85.7 cm³/mol. The third kappa shape index (κ3) is 3.67. The van der Waals surface area contributed by atoms with Crippen LogP contribution in [0.15, 0.2) is 12.1 Å². The average molecular weight is 296 g/mol. The van der Waals surface area contributed by atoms with Crippen molar-refractivity contribution in [3.8, 4) is 5.75 Å². The zero-order chi connectivity index (χ0) is 14.8. The molecule has 0 spiro atoms. The standard InChI is InChI=1S/C17H26ClNO/c1-4-17(2,3)14-9-13(7-8-19)16(15(18)10-14)20-11-12-5-6-12/h9-10,12H,4-8,11,19H2,1-3H3. The molecule has 0 radical (unpaired) electrons. The van der Waals surface area contributed by atoms with Crippen LogP contribution in [0.2, 0.25) is 5.02 Å². The predicted octanol–water partition coefficient (Wildman–Crippen LogP) is 4.32. The molecule has 1 saturated carbocycles. The monoisotopic (exact) mass is 295 g/mol. The number of rotatable bonds is 7. The van der Waals surface area contributed by atoms with E-state index in [9.17, 15) is 0 Å². The summed E-state index contributed by atoms with van der Waals surface area (Å²) in [6.07, 6.45) is 4.45. The SMILES string of the molecule is CCC(C)(C)c1cc(Cl)c(OCC2CC2)c(CCN)c1. The Bertz CT molecular complexity index is 466. The first-order chi connectivity index (χ1) is 9.47. The van der Waals surface area contributed by atoms with E-state index in [1.165, 1.54) is 18.4 Å². The first-order valence-electron chi connectivity index (χ1n) is 7.63. The fourth-order valence-corrected chi connectivity index (χ4v) is 2.53. The van der Waals surface area contributed by atoms with Gasteiger partial charge >= 0.3 is 0 Å². The van der Waals surface area contributed by atoms with Crippen LogP contribution in [0.5, 0.6) is 5.75 Å². The van der Waals surface area contributed by atoms with Crippen molar-refractivity contribution in [2.24, 2.45) is 11.7 Å². The van der Waals surface area contributed by atoms with Gasteiger partial charge in [0.1, 0.15) is 5.75 Å². The van der Waals surface area contributed by atoms with E-state index < -0.39 is 0 Å². The van der Waals surface area contributed by atoms with Crippen LogP contribution >= 0.6 is 11.6 Å². The summed E-state index contributed by atoms with van der Waals surface area (Å²) in [5, 5.41) is 0.730. The van der Waals surface area contributed by atoms with E-state index in [2.05, 4.69) is 32.9 Å². The highest BCUT2D eigenvalue weighted by Gasteiger charge is 2.25. The van der Waals surface area contributed by atoms with Gasteiger partial charge < -0.3 is 10.5 Å². The number of benzene rings is 1. The molecule has 0 aromatic heterocycles. The number of ether oxygens (including phenoxy) is 1. The topological polar surface area (TPSA) is 35.2 Å². The molecule has 0 heterocycles. The number of hydrogen-bond donors (Lipinski definition) is 1. The smallest absolute Gasteiger partial charge is 0.141 e. The summed E-state index contributed by atoms with van der Waals surface area (Å²) in [4.78, 5) is 0. The lowest BCUT2D eigenvalue weighted by molar-refractivity contribution is 0.296. The van der Waals surface area contributed by atoms with Crippen LogP contribution in [0.3, 0.4) is 0 Å². The van der Waals surface area contributed by atoms with Crippen molar-refractivity contribution in [3.05, 3.63) is 28.3 Å². The molecule has 1 fully saturated rings. The van der Waals surface area contributed by atoms with Crippen LogP contribution in [0.4, 0.5) is 0 Å². The van der Waals surface area contributed by atoms with E-state index in [-0.39, 0.29) is 5.41 Å². The molecular formula is C17H26ClNO. The van der Waals surface area contributed by atoms with Gasteiger partial charge in [-0.15, -0.1) is 0 Å². The van der Waals surface area contributed by atoms with Gasteiger partial charge in [-0.3, -0.25) is 0 Å². The summed E-state index contributed by atoms with van der Waals surface area (Å²) in [5.41, 5.74) is 8.29. The maximum absolute atomic E-state index is 6.47. The minimum Gasteiger partial charge on any atom is -0.491 e. The molecule has 2 nitrogen and oxygen atoms in total. The van der Waals surface area contributed by atoms with Crippen molar-refractivity contribution in [1.82, 2.24) is 0 Å². The largest absolute Gasteiger partial charge is 0.491 e. The Morgan fingerprint density at radius 3 is 2.60 bits per heavy atom. The molecule has 1 aliphatic rings. The maximum atomic E-state index is 6.47. The van der Waals surface area contributed by atoms with Crippen molar-refractivity contribution in [2.75, 3.05) is 13.2 Å². The van der Waals surface area contributed by atoms with E-state index in [1.807, 2.05) is 0 Å². The van der Waals surface area contributed by atoms with Crippen LogP contribution in [-0.2, 0) is 11.8 Å². The Morgan fingerprint density at radius 2 is 2.05 bits per heavy atom. The van der Waals surface area contributed by atoms with Crippen molar-refractivity contribution in [1.29, 1.82) is 0 Å². The molecule has 0 aliphatic heterocycles. The van der Waals surface area contributed by atoms with Gasteiger partial charge in [0.05, 0.1) is 11.6 Å². The number of hydrogen-bond acceptors (Lipinski definition) is 2. The molecule has 0 atom stereocenters. The summed E-state index contributed by atoms with van der Waals surface area (Å²) < 4.78 is 5.96. The van der Waals surface area contributed by atoms with Crippen molar-refractivity contribution in [2.45, 2.75) is 51.9 Å². The minimum absolute atomic E-state index is 0.127. The highest BCUT2D eigenvalue weighted by molar-refractivity contribution is 6.32. The summed E-state index contributed by atoms with van der Waals surface area (Å²) >= 11 is 6.47. The Hall–Kier alpha value is -0.730. The molecule has 20 heavy (non-hydrogen) atoms. The molecule has 112 valence electrons. The van der Waals surface area contributed by atoms with Gasteiger partial charge in [0, 0.05) is 0 Å². The van der Waals surface area contributed by atoms with E-state index in [1.54, 1.807) is 0 Å². The molecule has 2 N–H and O–H groups in total. The first-order valence-corrected chi connectivity index (χ1v) is 8.01. The van der Waals surface area contributed by atoms with Gasteiger partial charge in [0.15, 0.2) is 0 Å². The van der Waals surface area contributed by atoms with Gasteiger partial charge in [-0.1, -0.05) is 38.4 Å². The van der Waals surface area contributed by atoms with Crippen molar-refractivity contribution >= 4 is 11.6 Å². The highest BCUT2D eigenvalue weighted by atomic mass is 35.5. The Balaban J connectivity index is 2.29. The van der Waals surface area contributed by atoms with Crippen molar-refractivity contribution in [3.63, 3.8) is 0 Å². The van der Waals surface area contributed by atoms with Gasteiger partial charge in [-0.2, -0.15) is 0 Å². The molecule has 0 saturated heterocycles. The molecule has 0 bridgehead atoms. The Kier molecular flexibility index (Phi) is 4.98. The Morgan fingerprint density at radius 1 is 1.35 bits per heavy atom. The fourth-order valence-electron chi connectivity index (χ4n) is 2.23. The lowest BCUT2D eigenvalue weighted by Gasteiger charge is -2.25. The number of nitrogens with two attached hydrogens (primary N) is 1. The zero-order valence-electron chi connectivity index (χ0n) is 12.8. The zero-order valence-corrected chi connectivity index (χ0v) is 13.6. The maximum Gasteiger partial charge on any atom is 0.141 e. The van der Waals surface area contributed by atoms with E-state index in [0.717, 1.165) is 41.7 Å². The normalized spacial score (nSPS) is 15.4. The average Bonchev–Trinajstić information content (AvgIpc) is 3.22. The van der Waals surface area contributed by atoms with Gasteiger partial charge in [0.25, 0.3) is 0 Å². The quantitative estimate of drug-likeness (QED) is 0.813. The van der Waals surface area contributed by atoms with Crippen LogP contribution < -0.4 is 10.5 Å². The summed E-state index contributed by atoms with van der Waals surface area (Å²) in [5.74, 6) is 1.57. The second-order valence-corrected chi connectivity index (χ2v) is 6.88. The highest BCUT2D eigenvalue weighted by Crippen LogP contribution is 2.38. The second kappa shape index (κ2) is 6.36. The van der Waals surface area contributed by atoms with Gasteiger partial charge in [0.2, 0.25) is 0 Å². The number of halogens is 1. The van der Waals surface area contributed by atoms with E-state index in [0.29, 0.717) is 6.54 Å². The molecule has 3 heteroatoms. The molecule has 2 rings (SSSR count). The lowest BCUT2D eigenvalue weighted by Crippen LogP contribution is -2.17. The lowest BCUT2D eigenvalue weighted by atomic mass is 9.81. The third-order valence-corrected chi connectivity index (χ3v) is 4.64. The summed E-state index contributed by atoms with van der Waals surface area (Å²) in [6, 6.07) is 4.29. The summed E-state index contributed by atoms with van der Waals surface area (Å²) in [7, 11) is 0. The van der Waals surface area contributed by atoms with Crippen molar-refractivity contribution < 1.29 is 4.74 Å². The molecule has 1 aromatic carbocycles. The minimum atomic E-state index is 0.127. The molecule has 0 unspecified atom stereocenters. The van der Waals surface area contributed by atoms with Crippen LogP contribution in [0.25, 0.3) is 0 Å². The Labute approximate surface area is 127 Å². The third-order valence-electron chi connectivity index (χ3n) is 4.36. The van der Waals surface area contributed by atoms with Crippen LogP contribution in [-0.4, -0.2) is 13.2 Å². The first kappa shape index (κ1) is 15.7. The van der Waals surface area contributed by atoms with Gasteiger partial charge in [-0.05, 0) is 60.8 Å². The molecule has 0 amide bonds. The van der Waals surface area contributed by atoms with E-state index in [4.69, 9.17) is 22.1 Å². The fraction of sp³-hybridized carbons (Fsp3) is 0.647. The van der Waals surface area contributed by atoms with Crippen LogP contribution in [0, 0.1) is 5.92 Å². The van der Waals surface area contributed by atoms with Gasteiger partial charge in [-0.25, -0.2) is 0 Å². The van der Waals surface area contributed by atoms with Crippen LogP contribution in [0.1, 0.15) is 51.2 Å². The molecule has 1 aromatic rings.